The van der Waals surface area contributed by atoms with Crippen molar-refractivity contribution in [3.63, 3.8) is 0 Å². The molecular formula is C12H22N4O2. The number of hydrogen-bond donors (Lipinski definition) is 1. The number of nitrogens with zero attached hydrogens (tertiary/aromatic N) is 3. The highest BCUT2D eigenvalue weighted by molar-refractivity contribution is 5.76. The summed E-state index contributed by atoms with van der Waals surface area (Å²) in [7, 11) is 1.63. The van der Waals surface area contributed by atoms with E-state index in [1.807, 2.05) is 20.8 Å². The Hall–Kier alpha value is -1.56. The third-order valence-electron chi connectivity index (χ3n) is 3.02. The standard InChI is InChI=1S/C12H22N4O2/c1-5-15(6-7-18-4)11(17)8-16-10(3)12(13)9(2)14-16/h5-8,13H2,1-4H3. The predicted octanol–water partition coefficient (Wildman–Crippen LogP) is 0.577. The van der Waals surface area contributed by atoms with E-state index in [2.05, 4.69) is 5.10 Å². The lowest BCUT2D eigenvalue weighted by molar-refractivity contribution is -0.132. The number of nitrogen functional groups attached to an aromatic ring is 1. The van der Waals surface area contributed by atoms with Crippen LogP contribution in [0.25, 0.3) is 0 Å². The smallest absolute Gasteiger partial charge is 0.244 e. The zero-order valence-electron chi connectivity index (χ0n) is 11.6. The number of hydrogen-bond acceptors (Lipinski definition) is 4. The lowest BCUT2D eigenvalue weighted by Crippen LogP contribution is -2.36. The van der Waals surface area contributed by atoms with Crippen LogP contribution in [0.3, 0.4) is 0 Å². The monoisotopic (exact) mass is 254 g/mol. The van der Waals surface area contributed by atoms with Gasteiger partial charge in [0.15, 0.2) is 0 Å². The molecule has 0 saturated heterocycles. The van der Waals surface area contributed by atoms with Crippen LogP contribution in [0.1, 0.15) is 18.3 Å². The molecule has 1 aromatic rings. The van der Waals surface area contributed by atoms with E-state index in [-0.39, 0.29) is 12.5 Å². The molecule has 0 aliphatic heterocycles. The Morgan fingerprint density at radius 2 is 2.17 bits per heavy atom. The molecule has 18 heavy (non-hydrogen) atoms. The first kappa shape index (κ1) is 14.5. The van der Waals surface area contributed by atoms with Gasteiger partial charge in [-0.05, 0) is 20.8 Å². The van der Waals surface area contributed by atoms with Gasteiger partial charge in [-0.1, -0.05) is 0 Å². The molecule has 1 aromatic heterocycles. The van der Waals surface area contributed by atoms with Gasteiger partial charge in [-0.3, -0.25) is 9.48 Å². The van der Waals surface area contributed by atoms with Crippen LogP contribution in [0.5, 0.6) is 0 Å². The topological polar surface area (TPSA) is 73.4 Å². The number of methoxy groups -OCH3 is 1. The molecule has 0 radical (unpaired) electrons. The van der Waals surface area contributed by atoms with Gasteiger partial charge in [0, 0.05) is 20.2 Å². The highest BCUT2D eigenvalue weighted by Gasteiger charge is 2.15. The van der Waals surface area contributed by atoms with Gasteiger partial charge in [0.05, 0.1) is 23.7 Å². The van der Waals surface area contributed by atoms with Gasteiger partial charge in [0.25, 0.3) is 0 Å². The van der Waals surface area contributed by atoms with Crippen molar-refractivity contribution in [3.8, 4) is 0 Å². The average Bonchev–Trinajstić information content (AvgIpc) is 2.58. The quantitative estimate of drug-likeness (QED) is 0.805. The Morgan fingerprint density at radius 1 is 1.50 bits per heavy atom. The lowest BCUT2D eigenvalue weighted by atomic mass is 10.3. The van der Waals surface area contributed by atoms with Crippen molar-refractivity contribution < 1.29 is 9.53 Å². The molecule has 0 spiro atoms. The molecule has 0 unspecified atom stereocenters. The largest absolute Gasteiger partial charge is 0.396 e. The Bertz CT molecular complexity index is 414. The minimum absolute atomic E-state index is 0.0279. The van der Waals surface area contributed by atoms with Crippen LogP contribution in [0.15, 0.2) is 0 Å². The highest BCUT2D eigenvalue weighted by Crippen LogP contribution is 2.14. The van der Waals surface area contributed by atoms with Crippen molar-refractivity contribution in [1.82, 2.24) is 14.7 Å². The van der Waals surface area contributed by atoms with Gasteiger partial charge < -0.3 is 15.4 Å². The van der Waals surface area contributed by atoms with Crippen LogP contribution >= 0.6 is 0 Å². The summed E-state index contributed by atoms with van der Waals surface area (Å²) in [5, 5.41) is 4.26. The van der Waals surface area contributed by atoms with Crippen molar-refractivity contribution in [2.45, 2.75) is 27.3 Å². The Kier molecular flexibility index (Phi) is 5.15. The number of carbonyl (C=O) groups is 1. The van der Waals surface area contributed by atoms with Gasteiger partial charge in [0.2, 0.25) is 5.91 Å². The van der Waals surface area contributed by atoms with E-state index in [0.29, 0.717) is 25.4 Å². The molecule has 0 atom stereocenters. The molecule has 2 N–H and O–H groups in total. The van der Waals surface area contributed by atoms with Gasteiger partial charge in [-0.2, -0.15) is 5.10 Å². The maximum atomic E-state index is 12.1. The molecule has 102 valence electrons. The van der Waals surface area contributed by atoms with E-state index in [9.17, 15) is 4.79 Å². The Balaban J connectivity index is 2.70. The lowest BCUT2D eigenvalue weighted by Gasteiger charge is -2.20. The number of rotatable bonds is 6. The molecule has 0 bridgehead atoms. The van der Waals surface area contributed by atoms with Crippen molar-refractivity contribution in [2.24, 2.45) is 0 Å². The predicted molar refractivity (Wildman–Crippen MR) is 70.2 cm³/mol. The van der Waals surface area contributed by atoms with Crippen molar-refractivity contribution in [1.29, 1.82) is 0 Å². The Labute approximate surface area is 108 Å². The molecule has 0 aliphatic rings. The van der Waals surface area contributed by atoms with E-state index < -0.39 is 0 Å². The maximum Gasteiger partial charge on any atom is 0.244 e. The molecule has 0 aromatic carbocycles. The first-order valence-electron chi connectivity index (χ1n) is 6.07. The van der Waals surface area contributed by atoms with Crippen LogP contribution in [0, 0.1) is 13.8 Å². The van der Waals surface area contributed by atoms with Crippen LogP contribution in [0.2, 0.25) is 0 Å². The fraction of sp³-hybridized carbons (Fsp3) is 0.667. The second kappa shape index (κ2) is 6.39. The summed E-state index contributed by atoms with van der Waals surface area (Å²) < 4.78 is 6.64. The second-order valence-corrected chi connectivity index (χ2v) is 4.21. The molecule has 6 nitrogen and oxygen atoms in total. The SMILES string of the molecule is CCN(CCOC)C(=O)Cn1nc(C)c(N)c1C. The van der Waals surface area contributed by atoms with Crippen molar-refractivity contribution in [2.75, 3.05) is 32.5 Å². The fourth-order valence-electron chi connectivity index (χ4n) is 1.75. The summed E-state index contributed by atoms with van der Waals surface area (Å²) in [5.74, 6) is 0.0279. The molecule has 0 aliphatic carbocycles. The molecular weight excluding hydrogens is 232 g/mol. The molecule has 1 amide bonds. The summed E-state index contributed by atoms with van der Waals surface area (Å²) in [6.07, 6.45) is 0. The normalized spacial score (nSPS) is 10.7. The van der Waals surface area contributed by atoms with Gasteiger partial charge >= 0.3 is 0 Å². The number of nitrogens with two attached hydrogens (primary N) is 1. The maximum absolute atomic E-state index is 12.1. The summed E-state index contributed by atoms with van der Waals surface area (Å²) in [6, 6.07) is 0. The second-order valence-electron chi connectivity index (χ2n) is 4.21. The molecule has 1 rings (SSSR count). The molecule has 0 saturated carbocycles. The molecule has 0 fully saturated rings. The number of likely N-dealkylation sites (N-methyl/N-ethyl adjacent to an activating group) is 1. The van der Waals surface area contributed by atoms with E-state index in [1.165, 1.54) is 0 Å². The number of aryl methyl sites for hydroxylation is 1. The number of amides is 1. The van der Waals surface area contributed by atoms with Gasteiger partial charge in [-0.15, -0.1) is 0 Å². The number of carbonyl (C=O) groups excluding carboxylic acids is 1. The van der Waals surface area contributed by atoms with E-state index in [4.69, 9.17) is 10.5 Å². The van der Waals surface area contributed by atoms with E-state index in [0.717, 1.165) is 11.4 Å². The van der Waals surface area contributed by atoms with E-state index in [1.54, 1.807) is 16.7 Å². The number of ether oxygens (including phenoxy) is 1. The minimum atomic E-state index is 0.0279. The summed E-state index contributed by atoms with van der Waals surface area (Å²) in [6.45, 7) is 7.68. The first-order chi connectivity index (χ1) is 8.51. The fourth-order valence-corrected chi connectivity index (χ4v) is 1.75. The first-order valence-corrected chi connectivity index (χ1v) is 6.07. The van der Waals surface area contributed by atoms with Gasteiger partial charge in [-0.25, -0.2) is 0 Å². The van der Waals surface area contributed by atoms with Crippen molar-refractivity contribution in [3.05, 3.63) is 11.4 Å². The zero-order valence-corrected chi connectivity index (χ0v) is 11.6. The highest BCUT2D eigenvalue weighted by atomic mass is 16.5. The summed E-state index contributed by atoms with van der Waals surface area (Å²) >= 11 is 0. The van der Waals surface area contributed by atoms with Crippen LogP contribution in [-0.4, -0.2) is 47.4 Å². The van der Waals surface area contributed by atoms with E-state index >= 15 is 0 Å². The Morgan fingerprint density at radius 3 is 2.61 bits per heavy atom. The molecule has 1 heterocycles. The van der Waals surface area contributed by atoms with Crippen LogP contribution in [-0.2, 0) is 16.1 Å². The van der Waals surface area contributed by atoms with Gasteiger partial charge in [0.1, 0.15) is 6.54 Å². The summed E-state index contributed by atoms with van der Waals surface area (Å²) in [5.41, 5.74) is 8.10. The third kappa shape index (κ3) is 3.22. The third-order valence-corrected chi connectivity index (χ3v) is 3.02. The minimum Gasteiger partial charge on any atom is -0.396 e. The summed E-state index contributed by atoms with van der Waals surface area (Å²) in [4.78, 5) is 13.8. The number of aromatic nitrogens is 2. The number of anilines is 1. The van der Waals surface area contributed by atoms with Crippen molar-refractivity contribution >= 4 is 11.6 Å². The molecule has 6 heteroatoms. The average molecular weight is 254 g/mol. The zero-order chi connectivity index (χ0) is 13.7. The van der Waals surface area contributed by atoms with Crippen LogP contribution < -0.4 is 5.73 Å². The van der Waals surface area contributed by atoms with Crippen LogP contribution in [0.4, 0.5) is 5.69 Å².